The summed E-state index contributed by atoms with van der Waals surface area (Å²) in [5.74, 6) is 0. The third kappa shape index (κ3) is 8.75. The Kier molecular flexibility index (Phi) is 4.02. The second kappa shape index (κ2) is 3.89. The van der Waals surface area contributed by atoms with Gasteiger partial charge in [-0.2, -0.15) is 0 Å². The van der Waals surface area contributed by atoms with Gasteiger partial charge in [-0.05, 0) is 0 Å². The van der Waals surface area contributed by atoms with E-state index in [-0.39, 0.29) is 0 Å². The van der Waals surface area contributed by atoms with Crippen LogP contribution >= 0.6 is 7.26 Å². The summed E-state index contributed by atoms with van der Waals surface area (Å²) in [6.45, 7) is 19.3. The molecular weight excluding hydrogens is 175 g/mol. The molecule has 0 atom stereocenters. The number of hydrogen-bond acceptors (Lipinski definition) is 0. The summed E-state index contributed by atoms with van der Waals surface area (Å²) in [5.41, 5.74) is 1.01. The molecule has 0 saturated heterocycles. The molecular formula is C12H29P. The van der Waals surface area contributed by atoms with E-state index in [1.54, 1.807) is 0 Å². The molecule has 0 nitrogen and oxygen atoms in total. The first-order valence-corrected chi connectivity index (χ1v) is 9.12. The minimum atomic E-state index is -0.892. The van der Waals surface area contributed by atoms with E-state index in [9.17, 15) is 0 Å². The van der Waals surface area contributed by atoms with Gasteiger partial charge in [-0.3, -0.25) is 0 Å². The average molecular weight is 204 g/mol. The van der Waals surface area contributed by atoms with Crippen LogP contribution in [0.3, 0.4) is 0 Å². The first kappa shape index (κ1) is 13.4. The Morgan fingerprint density at radius 2 is 1.23 bits per heavy atom. The van der Waals surface area contributed by atoms with E-state index < -0.39 is 7.26 Å². The van der Waals surface area contributed by atoms with Crippen LogP contribution in [0.25, 0.3) is 0 Å². The van der Waals surface area contributed by atoms with Crippen molar-refractivity contribution in [2.75, 3.05) is 26.2 Å². The van der Waals surface area contributed by atoms with Crippen LogP contribution in [0.1, 0.15) is 41.0 Å². The molecule has 1 heteroatoms. The van der Waals surface area contributed by atoms with Gasteiger partial charge in [-0.25, -0.2) is 0 Å². The fraction of sp³-hybridized carbons (Fsp3) is 1.00. The van der Waals surface area contributed by atoms with E-state index in [1.807, 2.05) is 0 Å². The molecule has 13 heavy (non-hydrogen) atoms. The number of rotatable bonds is 3. The van der Waals surface area contributed by atoms with Crippen LogP contribution in [-0.4, -0.2) is 26.2 Å². The SMILES string of the molecule is CC(C)(C)CC(C)(C)C[PH](C)(C)C. The molecule has 0 N–H and O–H groups in total. The summed E-state index contributed by atoms with van der Waals surface area (Å²) in [7, 11) is -0.892. The Morgan fingerprint density at radius 1 is 0.846 bits per heavy atom. The quantitative estimate of drug-likeness (QED) is 0.607. The fourth-order valence-corrected chi connectivity index (χ4v) is 5.93. The standard InChI is InChI=1S/C12H29P/c1-11(2,3)9-12(4,5)10-13(6,7)8/h13H,9-10H2,1-8H3. The van der Waals surface area contributed by atoms with Crippen molar-refractivity contribution < 1.29 is 0 Å². The Hall–Kier alpha value is 0.430. The van der Waals surface area contributed by atoms with Crippen molar-refractivity contribution >= 4 is 7.26 Å². The molecule has 0 rings (SSSR count). The molecule has 0 fully saturated rings. The van der Waals surface area contributed by atoms with Crippen LogP contribution < -0.4 is 0 Å². The molecule has 0 heterocycles. The fourth-order valence-electron chi connectivity index (χ4n) is 2.93. The molecule has 82 valence electrons. The predicted octanol–water partition coefficient (Wildman–Crippen LogP) is 4.09. The van der Waals surface area contributed by atoms with Crippen molar-refractivity contribution in [1.82, 2.24) is 0 Å². The monoisotopic (exact) mass is 204 g/mol. The van der Waals surface area contributed by atoms with Gasteiger partial charge in [0.05, 0.1) is 0 Å². The van der Waals surface area contributed by atoms with E-state index in [2.05, 4.69) is 54.6 Å². The average Bonchev–Trinajstić information content (AvgIpc) is 1.43. The normalized spacial score (nSPS) is 16.0. The summed E-state index contributed by atoms with van der Waals surface area (Å²) >= 11 is 0. The third-order valence-corrected chi connectivity index (χ3v) is 4.04. The van der Waals surface area contributed by atoms with Crippen LogP contribution in [-0.2, 0) is 0 Å². The van der Waals surface area contributed by atoms with Crippen molar-refractivity contribution in [1.29, 1.82) is 0 Å². The van der Waals surface area contributed by atoms with Gasteiger partial charge in [0.2, 0.25) is 0 Å². The van der Waals surface area contributed by atoms with Crippen molar-refractivity contribution in [2.24, 2.45) is 10.8 Å². The van der Waals surface area contributed by atoms with Crippen molar-refractivity contribution in [3.05, 3.63) is 0 Å². The topological polar surface area (TPSA) is 0 Å². The molecule has 0 saturated carbocycles. The van der Waals surface area contributed by atoms with Gasteiger partial charge in [-0.1, -0.05) is 0 Å². The molecule has 0 radical (unpaired) electrons. The molecule has 0 spiro atoms. The molecule has 0 aliphatic carbocycles. The second-order valence-corrected chi connectivity index (χ2v) is 13.1. The first-order chi connectivity index (χ1) is 5.41. The van der Waals surface area contributed by atoms with Crippen molar-refractivity contribution in [2.45, 2.75) is 41.0 Å². The van der Waals surface area contributed by atoms with Crippen LogP contribution in [0.15, 0.2) is 0 Å². The Bertz CT molecular complexity index is 137. The Morgan fingerprint density at radius 3 is 1.46 bits per heavy atom. The summed E-state index contributed by atoms with van der Waals surface area (Å²) < 4.78 is 0. The molecule has 0 bridgehead atoms. The maximum absolute atomic E-state index is 2.47. The minimum absolute atomic E-state index is 0.475. The second-order valence-electron chi connectivity index (χ2n) is 7.64. The summed E-state index contributed by atoms with van der Waals surface area (Å²) in [4.78, 5) is 0. The van der Waals surface area contributed by atoms with E-state index in [0.29, 0.717) is 10.8 Å². The van der Waals surface area contributed by atoms with Gasteiger partial charge >= 0.3 is 85.3 Å². The number of hydrogen-bond donors (Lipinski definition) is 0. The summed E-state index contributed by atoms with van der Waals surface area (Å²) in [5, 5.41) is 0. The molecule has 0 aromatic rings. The Balaban J connectivity index is 4.25. The van der Waals surface area contributed by atoms with E-state index >= 15 is 0 Å². The Labute approximate surface area is 85.8 Å². The zero-order valence-corrected chi connectivity index (χ0v) is 11.9. The van der Waals surface area contributed by atoms with Crippen molar-refractivity contribution in [3.63, 3.8) is 0 Å². The van der Waals surface area contributed by atoms with Crippen LogP contribution in [0.2, 0.25) is 0 Å². The van der Waals surface area contributed by atoms with E-state index in [4.69, 9.17) is 0 Å². The first-order valence-electron chi connectivity index (χ1n) is 5.41. The third-order valence-electron chi connectivity index (χ3n) is 2.02. The van der Waals surface area contributed by atoms with Crippen molar-refractivity contribution in [3.8, 4) is 0 Å². The molecule has 0 aliphatic rings. The van der Waals surface area contributed by atoms with Crippen LogP contribution in [0.4, 0.5) is 0 Å². The van der Waals surface area contributed by atoms with Crippen LogP contribution in [0, 0.1) is 10.8 Å². The van der Waals surface area contributed by atoms with E-state index in [1.165, 1.54) is 12.6 Å². The van der Waals surface area contributed by atoms with Gasteiger partial charge in [0.25, 0.3) is 0 Å². The van der Waals surface area contributed by atoms with Gasteiger partial charge in [0.1, 0.15) is 0 Å². The zero-order chi connectivity index (χ0) is 10.9. The molecule has 0 aliphatic heterocycles. The van der Waals surface area contributed by atoms with E-state index in [0.717, 1.165) is 0 Å². The zero-order valence-electron chi connectivity index (χ0n) is 10.9. The van der Waals surface area contributed by atoms with Gasteiger partial charge in [-0.15, -0.1) is 0 Å². The predicted molar refractivity (Wildman–Crippen MR) is 68.8 cm³/mol. The van der Waals surface area contributed by atoms with Gasteiger partial charge in [0, 0.05) is 0 Å². The maximum atomic E-state index is 2.47. The summed E-state index contributed by atoms with van der Waals surface area (Å²) in [6.07, 6.45) is 2.78. The van der Waals surface area contributed by atoms with Gasteiger partial charge < -0.3 is 0 Å². The van der Waals surface area contributed by atoms with Gasteiger partial charge in [0.15, 0.2) is 0 Å². The molecule has 0 unspecified atom stereocenters. The molecule has 0 amide bonds. The van der Waals surface area contributed by atoms with Crippen LogP contribution in [0.5, 0.6) is 0 Å². The molecule has 0 aromatic heterocycles. The summed E-state index contributed by atoms with van der Waals surface area (Å²) in [6, 6.07) is 0. The molecule has 0 aromatic carbocycles.